The molecule has 4 nitrogen and oxygen atoms in total. The number of rotatable bonds is 3. The predicted molar refractivity (Wildman–Crippen MR) is 95.0 cm³/mol. The summed E-state index contributed by atoms with van der Waals surface area (Å²) in [5, 5.41) is 9.97. The Kier molecular flexibility index (Phi) is 4.58. The number of hydrogen-bond donors (Lipinski definition) is 1. The fourth-order valence-corrected chi connectivity index (χ4v) is 4.15. The smallest absolute Gasteiger partial charge is 0.141 e. The van der Waals surface area contributed by atoms with Crippen LogP contribution in [0.4, 0.5) is 4.39 Å². The number of aliphatic hydroxyl groups is 1. The van der Waals surface area contributed by atoms with Gasteiger partial charge >= 0.3 is 0 Å². The Morgan fingerprint density at radius 1 is 1.24 bits per heavy atom. The van der Waals surface area contributed by atoms with Gasteiger partial charge in [-0.3, -0.25) is 9.80 Å². The average molecular weight is 365 g/mol. The number of benzene rings is 1. The lowest BCUT2D eigenvalue weighted by molar-refractivity contribution is 0.0485. The highest BCUT2D eigenvalue weighted by Gasteiger charge is 2.38. The molecule has 2 saturated heterocycles. The van der Waals surface area contributed by atoms with Crippen molar-refractivity contribution in [1.29, 1.82) is 0 Å². The van der Waals surface area contributed by atoms with Crippen LogP contribution in [0, 0.1) is 5.82 Å². The zero-order valence-electron chi connectivity index (χ0n) is 14.2. The van der Waals surface area contributed by atoms with Crippen LogP contribution in [0.15, 0.2) is 34.7 Å². The summed E-state index contributed by atoms with van der Waals surface area (Å²) in [5.41, 5.74) is 0.773. The molecule has 25 heavy (non-hydrogen) atoms. The molecule has 6 heteroatoms. The van der Waals surface area contributed by atoms with Gasteiger partial charge in [-0.05, 0) is 43.7 Å². The zero-order valence-corrected chi connectivity index (χ0v) is 14.9. The monoisotopic (exact) mass is 364 g/mol. The minimum absolute atomic E-state index is 0.0972. The Hall–Kier alpha value is -1.40. The van der Waals surface area contributed by atoms with Gasteiger partial charge < -0.3 is 9.52 Å². The van der Waals surface area contributed by atoms with Crippen molar-refractivity contribution in [2.24, 2.45) is 0 Å². The van der Waals surface area contributed by atoms with Crippen LogP contribution in [0.25, 0.3) is 11.3 Å². The Morgan fingerprint density at radius 2 is 2.08 bits per heavy atom. The third-order valence-corrected chi connectivity index (χ3v) is 5.59. The van der Waals surface area contributed by atoms with Crippen LogP contribution in [-0.2, 0) is 6.54 Å². The van der Waals surface area contributed by atoms with Crippen LogP contribution in [0.3, 0.4) is 0 Å². The van der Waals surface area contributed by atoms with E-state index in [4.69, 9.17) is 16.0 Å². The third kappa shape index (κ3) is 3.47. The van der Waals surface area contributed by atoms with Crippen molar-refractivity contribution < 1.29 is 13.9 Å². The van der Waals surface area contributed by atoms with Crippen LogP contribution in [-0.4, -0.2) is 52.7 Å². The number of aliphatic hydroxyl groups excluding tert-OH is 1. The summed E-state index contributed by atoms with van der Waals surface area (Å²) in [6.07, 6.45) is 0.649. The van der Waals surface area contributed by atoms with Gasteiger partial charge in [0.2, 0.25) is 0 Å². The number of nitrogens with zero attached hydrogens (tertiary/aromatic N) is 2. The molecule has 0 saturated carbocycles. The standard InChI is InChI=1S/C19H22ClFN2O2/c1-12-8-23-10-15(24)7-14(23)9-22(12)11-16-3-5-19(25-16)13-2-4-18(21)17(20)6-13/h2-6,12,14-15,24H,7-11H2,1H3/t12-,14+,15+/m0/s1. The van der Waals surface area contributed by atoms with Gasteiger partial charge in [0.25, 0.3) is 0 Å². The van der Waals surface area contributed by atoms with E-state index in [1.165, 1.54) is 6.07 Å². The van der Waals surface area contributed by atoms with Crippen LogP contribution < -0.4 is 0 Å². The van der Waals surface area contributed by atoms with Gasteiger partial charge in [-0.15, -0.1) is 0 Å². The van der Waals surface area contributed by atoms with E-state index in [2.05, 4.69) is 16.7 Å². The predicted octanol–water partition coefficient (Wildman–Crippen LogP) is 3.38. The molecular formula is C19H22ClFN2O2. The topological polar surface area (TPSA) is 39.9 Å². The summed E-state index contributed by atoms with van der Waals surface area (Å²) >= 11 is 5.86. The first kappa shape index (κ1) is 17.0. The van der Waals surface area contributed by atoms with E-state index in [1.807, 2.05) is 12.1 Å². The molecule has 1 aromatic heterocycles. The van der Waals surface area contributed by atoms with Crippen molar-refractivity contribution in [3.8, 4) is 11.3 Å². The molecule has 2 aliphatic rings. The first-order valence-corrected chi connectivity index (χ1v) is 9.07. The quantitative estimate of drug-likeness (QED) is 0.906. The molecule has 0 bridgehead atoms. The second-order valence-corrected chi connectivity index (χ2v) is 7.58. The maximum Gasteiger partial charge on any atom is 0.141 e. The fraction of sp³-hybridized carbons (Fsp3) is 0.474. The van der Waals surface area contributed by atoms with Crippen LogP contribution in [0.5, 0.6) is 0 Å². The molecule has 4 rings (SSSR count). The van der Waals surface area contributed by atoms with Gasteiger partial charge in [0.05, 0.1) is 17.7 Å². The molecular weight excluding hydrogens is 343 g/mol. The second kappa shape index (κ2) is 6.72. The molecule has 2 fully saturated rings. The summed E-state index contributed by atoms with van der Waals surface area (Å²) in [4.78, 5) is 4.79. The van der Waals surface area contributed by atoms with Gasteiger partial charge in [-0.2, -0.15) is 0 Å². The van der Waals surface area contributed by atoms with Gasteiger partial charge in [-0.25, -0.2) is 4.39 Å². The van der Waals surface area contributed by atoms with Crippen LogP contribution in [0.1, 0.15) is 19.1 Å². The summed E-state index contributed by atoms with van der Waals surface area (Å²) in [6, 6.07) is 9.32. The maximum absolute atomic E-state index is 13.3. The van der Waals surface area contributed by atoms with E-state index in [0.717, 1.165) is 43.9 Å². The fourth-order valence-electron chi connectivity index (χ4n) is 3.96. The lowest BCUT2D eigenvalue weighted by Gasteiger charge is -2.41. The normalized spacial score (nSPS) is 27.6. The molecule has 3 atom stereocenters. The van der Waals surface area contributed by atoms with E-state index in [1.54, 1.807) is 12.1 Å². The Balaban J connectivity index is 1.46. The van der Waals surface area contributed by atoms with Crippen molar-refractivity contribution in [2.75, 3.05) is 19.6 Å². The zero-order chi connectivity index (χ0) is 17.6. The third-order valence-electron chi connectivity index (χ3n) is 5.30. The largest absolute Gasteiger partial charge is 0.460 e. The highest BCUT2D eigenvalue weighted by molar-refractivity contribution is 6.31. The van der Waals surface area contributed by atoms with Gasteiger partial charge in [-0.1, -0.05) is 11.6 Å². The molecule has 1 N–H and O–H groups in total. The van der Waals surface area contributed by atoms with Crippen molar-refractivity contribution in [2.45, 2.75) is 38.1 Å². The first-order valence-electron chi connectivity index (χ1n) is 8.70. The lowest BCUT2D eigenvalue weighted by Crippen LogP contribution is -2.54. The number of piperazine rings is 1. The summed E-state index contributed by atoms with van der Waals surface area (Å²) in [7, 11) is 0. The SMILES string of the molecule is C[C@H]1CN2C[C@H](O)C[C@@H]2CN1Cc1ccc(-c2ccc(F)c(Cl)c2)o1. The van der Waals surface area contributed by atoms with Gasteiger partial charge in [0.15, 0.2) is 0 Å². The molecule has 3 heterocycles. The Morgan fingerprint density at radius 3 is 2.88 bits per heavy atom. The first-order chi connectivity index (χ1) is 12.0. The molecule has 0 unspecified atom stereocenters. The average Bonchev–Trinajstić information content (AvgIpc) is 3.16. The molecule has 0 radical (unpaired) electrons. The van der Waals surface area contributed by atoms with Crippen molar-refractivity contribution in [3.05, 3.63) is 46.9 Å². The number of halogens is 2. The lowest BCUT2D eigenvalue weighted by atomic mass is 10.1. The minimum Gasteiger partial charge on any atom is -0.460 e. The van der Waals surface area contributed by atoms with Crippen LogP contribution >= 0.6 is 11.6 Å². The molecule has 2 aromatic rings. The molecule has 134 valence electrons. The van der Waals surface area contributed by atoms with Gasteiger partial charge in [0.1, 0.15) is 17.3 Å². The van der Waals surface area contributed by atoms with Gasteiger partial charge in [0, 0.05) is 37.3 Å². The van der Waals surface area contributed by atoms with Crippen molar-refractivity contribution in [1.82, 2.24) is 9.80 Å². The van der Waals surface area contributed by atoms with E-state index in [0.29, 0.717) is 17.8 Å². The molecule has 1 aromatic carbocycles. The second-order valence-electron chi connectivity index (χ2n) is 7.17. The molecule has 0 spiro atoms. The number of fused-ring (bicyclic) bond motifs is 1. The highest BCUT2D eigenvalue weighted by atomic mass is 35.5. The maximum atomic E-state index is 13.3. The number of hydrogen-bond acceptors (Lipinski definition) is 4. The Bertz CT molecular complexity index is 766. The van der Waals surface area contributed by atoms with E-state index < -0.39 is 5.82 Å². The summed E-state index contributed by atoms with van der Waals surface area (Å²) in [5.74, 6) is 1.15. The summed E-state index contributed by atoms with van der Waals surface area (Å²) < 4.78 is 19.3. The molecule has 0 aliphatic carbocycles. The number of furan rings is 1. The van der Waals surface area contributed by atoms with Crippen molar-refractivity contribution in [3.63, 3.8) is 0 Å². The van der Waals surface area contributed by atoms with E-state index in [9.17, 15) is 9.50 Å². The molecule has 0 amide bonds. The Labute approximate surface area is 151 Å². The summed E-state index contributed by atoms with van der Waals surface area (Å²) in [6.45, 7) is 5.65. The highest BCUT2D eigenvalue weighted by Crippen LogP contribution is 2.29. The minimum atomic E-state index is -0.428. The van der Waals surface area contributed by atoms with Crippen LogP contribution in [0.2, 0.25) is 5.02 Å². The van der Waals surface area contributed by atoms with Crippen molar-refractivity contribution >= 4 is 11.6 Å². The van der Waals surface area contributed by atoms with E-state index in [-0.39, 0.29) is 11.1 Å². The molecule has 2 aliphatic heterocycles. The van der Waals surface area contributed by atoms with E-state index >= 15 is 0 Å².